The Hall–Kier alpha value is 0.230. The molecule has 0 saturated heterocycles. The molecule has 0 amide bonds. The second-order valence-corrected chi connectivity index (χ2v) is 6.58. The molecule has 3 nitrogen and oxygen atoms in total. The van der Waals surface area contributed by atoms with E-state index in [0.29, 0.717) is 11.7 Å². The summed E-state index contributed by atoms with van der Waals surface area (Å²) >= 11 is 0. The van der Waals surface area contributed by atoms with Gasteiger partial charge in [0.1, 0.15) is 0 Å². The number of hydrogen-bond donors (Lipinski definition) is 2. The molecule has 0 aromatic heterocycles. The van der Waals surface area contributed by atoms with Crippen molar-refractivity contribution in [2.24, 2.45) is 5.92 Å². The largest absolute Gasteiger partial charge is 0.285 e. The zero-order chi connectivity index (χ0) is 11.9. The standard InChI is InChI=1S/C11H27NO2S/c1-5-7-10-15(13,14)12(6-2)9-8-11(3)4/h11,13-14H,5-10H2,1-4H3. The molecule has 0 aromatic carbocycles. The minimum absolute atomic E-state index is 0.523. The van der Waals surface area contributed by atoms with Crippen LogP contribution in [0.25, 0.3) is 0 Å². The zero-order valence-electron chi connectivity index (χ0n) is 10.6. The lowest BCUT2D eigenvalue weighted by molar-refractivity contribution is 0.338. The molecule has 0 aliphatic carbocycles. The summed E-state index contributed by atoms with van der Waals surface area (Å²) in [4.78, 5) is 0. The molecule has 2 N–H and O–H groups in total. The molecule has 0 spiro atoms. The van der Waals surface area contributed by atoms with Crippen molar-refractivity contribution in [3.8, 4) is 0 Å². The van der Waals surface area contributed by atoms with E-state index in [1.807, 2.05) is 11.2 Å². The SMILES string of the molecule is CCCCS(O)(O)N(CC)CCC(C)C. The van der Waals surface area contributed by atoms with Crippen LogP contribution in [0.2, 0.25) is 0 Å². The Labute approximate surface area is 96.3 Å². The smallest absolute Gasteiger partial charge is 0.0530 e. The Balaban J connectivity index is 4.11. The van der Waals surface area contributed by atoms with Gasteiger partial charge in [0, 0.05) is 13.1 Å². The average molecular weight is 237 g/mol. The van der Waals surface area contributed by atoms with Gasteiger partial charge in [0.05, 0.1) is 5.75 Å². The number of unbranched alkanes of at least 4 members (excludes halogenated alkanes) is 1. The molecule has 0 radical (unpaired) electrons. The van der Waals surface area contributed by atoms with Crippen LogP contribution in [0, 0.1) is 5.92 Å². The zero-order valence-corrected chi connectivity index (χ0v) is 11.4. The minimum Gasteiger partial charge on any atom is -0.285 e. The van der Waals surface area contributed by atoms with E-state index in [1.54, 1.807) is 0 Å². The Morgan fingerprint density at radius 2 is 1.80 bits per heavy atom. The van der Waals surface area contributed by atoms with Crippen LogP contribution in [-0.4, -0.2) is 32.3 Å². The van der Waals surface area contributed by atoms with E-state index >= 15 is 0 Å². The van der Waals surface area contributed by atoms with Crippen LogP contribution < -0.4 is 0 Å². The third-order valence-electron chi connectivity index (χ3n) is 2.49. The van der Waals surface area contributed by atoms with Gasteiger partial charge in [-0.1, -0.05) is 34.1 Å². The molecule has 0 bridgehead atoms. The van der Waals surface area contributed by atoms with E-state index < -0.39 is 10.8 Å². The third-order valence-corrected chi connectivity index (χ3v) is 4.60. The van der Waals surface area contributed by atoms with Gasteiger partial charge in [-0.25, -0.2) is 4.31 Å². The van der Waals surface area contributed by atoms with Crippen LogP contribution in [0.3, 0.4) is 0 Å². The number of rotatable bonds is 8. The topological polar surface area (TPSA) is 43.7 Å². The van der Waals surface area contributed by atoms with E-state index in [0.717, 1.165) is 32.4 Å². The van der Waals surface area contributed by atoms with Crippen LogP contribution in [0.1, 0.15) is 47.0 Å². The molecule has 0 unspecified atom stereocenters. The summed E-state index contributed by atoms with van der Waals surface area (Å²) in [6.45, 7) is 9.89. The second-order valence-electron chi connectivity index (χ2n) is 4.39. The quantitative estimate of drug-likeness (QED) is 0.674. The van der Waals surface area contributed by atoms with Crippen molar-refractivity contribution in [1.29, 1.82) is 0 Å². The Bertz CT molecular complexity index is 163. The molecule has 15 heavy (non-hydrogen) atoms. The van der Waals surface area contributed by atoms with Gasteiger partial charge in [-0.3, -0.25) is 9.11 Å². The van der Waals surface area contributed by atoms with Crippen molar-refractivity contribution in [3.63, 3.8) is 0 Å². The lowest BCUT2D eigenvalue weighted by Crippen LogP contribution is -2.31. The van der Waals surface area contributed by atoms with Crippen molar-refractivity contribution >= 4 is 10.8 Å². The lowest BCUT2D eigenvalue weighted by atomic mass is 10.1. The maximum absolute atomic E-state index is 9.98. The van der Waals surface area contributed by atoms with Gasteiger partial charge in [-0.15, -0.1) is 10.8 Å². The molecule has 0 heterocycles. The highest BCUT2D eigenvalue weighted by atomic mass is 32.3. The second kappa shape index (κ2) is 7.49. The molecule has 0 fully saturated rings. The first-order valence-corrected chi connectivity index (χ1v) is 7.62. The van der Waals surface area contributed by atoms with E-state index in [-0.39, 0.29) is 0 Å². The van der Waals surface area contributed by atoms with Crippen molar-refractivity contribution in [3.05, 3.63) is 0 Å². The van der Waals surface area contributed by atoms with Gasteiger partial charge in [0.15, 0.2) is 0 Å². The molecule has 0 rings (SSSR count). The van der Waals surface area contributed by atoms with Crippen LogP contribution >= 0.6 is 10.8 Å². The predicted octanol–water partition coefficient (Wildman–Crippen LogP) is 3.82. The maximum Gasteiger partial charge on any atom is 0.0530 e. The summed E-state index contributed by atoms with van der Waals surface area (Å²) in [5, 5.41) is 0. The Kier molecular flexibility index (Phi) is 7.61. The van der Waals surface area contributed by atoms with Crippen molar-refractivity contribution in [2.45, 2.75) is 47.0 Å². The number of hydrogen-bond acceptors (Lipinski definition) is 3. The van der Waals surface area contributed by atoms with E-state index in [1.165, 1.54) is 0 Å². The highest BCUT2D eigenvalue weighted by molar-refractivity contribution is 8.22. The van der Waals surface area contributed by atoms with E-state index in [4.69, 9.17) is 0 Å². The van der Waals surface area contributed by atoms with E-state index in [9.17, 15) is 9.11 Å². The van der Waals surface area contributed by atoms with E-state index in [2.05, 4.69) is 20.8 Å². The monoisotopic (exact) mass is 237 g/mol. The lowest BCUT2D eigenvalue weighted by Gasteiger charge is -2.42. The first-order chi connectivity index (χ1) is 6.94. The van der Waals surface area contributed by atoms with Gasteiger partial charge in [0.2, 0.25) is 0 Å². The van der Waals surface area contributed by atoms with Gasteiger partial charge >= 0.3 is 0 Å². The number of nitrogens with zero attached hydrogens (tertiary/aromatic N) is 1. The molecule has 0 aliphatic rings. The highest BCUT2D eigenvalue weighted by Gasteiger charge is 2.20. The molecule has 0 aromatic rings. The first kappa shape index (κ1) is 15.2. The van der Waals surface area contributed by atoms with Crippen LogP contribution in [0.4, 0.5) is 0 Å². The van der Waals surface area contributed by atoms with Crippen LogP contribution in [0.5, 0.6) is 0 Å². The minimum atomic E-state index is -2.50. The summed E-state index contributed by atoms with van der Waals surface area (Å²) in [6, 6.07) is 0. The molecular formula is C11H27NO2S. The van der Waals surface area contributed by atoms with Crippen molar-refractivity contribution in [1.82, 2.24) is 4.31 Å². The third kappa shape index (κ3) is 6.40. The van der Waals surface area contributed by atoms with Gasteiger partial charge in [0.25, 0.3) is 0 Å². The predicted molar refractivity (Wildman–Crippen MR) is 69.3 cm³/mol. The molecular weight excluding hydrogens is 210 g/mol. The molecule has 4 heteroatoms. The summed E-state index contributed by atoms with van der Waals surface area (Å²) in [6.07, 6.45) is 2.92. The summed E-state index contributed by atoms with van der Waals surface area (Å²) in [5.74, 6) is 1.13. The van der Waals surface area contributed by atoms with Crippen molar-refractivity contribution < 1.29 is 9.11 Å². The highest BCUT2D eigenvalue weighted by Crippen LogP contribution is 2.43. The maximum atomic E-state index is 9.98. The van der Waals surface area contributed by atoms with Gasteiger partial charge in [-0.2, -0.15) is 0 Å². The molecule has 94 valence electrons. The van der Waals surface area contributed by atoms with Gasteiger partial charge < -0.3 is 0 Å². The normalized spacial score (nSPS) is 13.9. The Morgan fingerprint density at radius 3 is 2.20 bits per heavy atom. The van der Waals surface area contributed by atoms with Crippen LogP contribution in [0.15, 0.2) is 0 Å². The Morgan fingerprint density at radius 1 is 1.20 bits per heavy atom. The summed E-state index contributed by atoms with van der Waals surface area (Å²) in [5.41, 5.74) is 0. The summed E-state index contributed by atoms with van der Waals surface area (Å²) < 4.78 is 21.8. The summed E-state index contributed by atoms with van der Waals surface area (Å²) in [7, 11) is -2.50. The van der Waals surface area contributed by atoms with Gasteiger partial charge in [-0.05, 0) is 18.8 Å². The molecule has 0 saturated carbocycles. The fourth-order valence-electron chi connectivity index (χ4n) is 1.38. The van der Waals surface area contributed by atoms with Crippen molar-refractivity contribution in [2.75, 3.05) is 18.8 Å². The molecule has 0 atom stereocenters. The molecule has 0 aliphatic heterocycles. The first-order valence-electron chi connectivity index (χ1n) is 5.95. The average Bonchev–Trinajstić information content (AvgIpc) is 2.15. The fraction of sp³-hybridized carbons (Fsp3) is 1.00. The van der Waals surface area contributed by atoms with Crippen LogP contribution in [-0.2, 0) is 0 Å². The fourth-order valence-corrected chi connectivity index (χ4v) is 3.13.